The molecule has 0 spiro atoms. The number of aliphatic imine (C=N–C) groups is 1. The van der Waals surface area contributed by atoms with Crippen LogP contribution in [0.25, 0.3) is 0 Å². The molecule has 0 saturated carbocycles. The van der Waals surface area contributed by atoms with Crippen LogP contribution in [0.3, 0.4) is 0 Å². The van der Waals surface area contributed by atoms with Gasteiger partial charge in [-0.15, -0.1) is 0 Å². The van der Waals surface area contributed by atoms with Gasteiger partial charge >= 0.3 is 0 Å². The van der Waals surface area contributed by atoms with E-state index in [1.54, 1.807) is 31.4 Å². The molecule has 1 heterocycles. The molecule has 0 aliphatic carbocycles. The van der Waals surface area contributed by atoms with Gasteiger partial charge in [0.05, 0.1) is 0 Å². The van der Waals surface area contributed by atoms with Crippen LogP contribution in [0, 0.1) is 5.82 Å². The van der Waals surface area contributed by atoms with Crippen molar-refractivity contribution in [2.45, 2.75) is 13.0 Å². The summed E-state index contributed by atoms with van der Waals surface area (Å²) in [7, 11) is 1.68. The van der Waals surface area contributed by atoms with Crippen LogP contribution < -0.4 is 10.6 Å². The molecule has 2 N–H and O–H groups in total. The fourth-order valence-electron chi connectivity index (χ4n) is 1.96. The maximum absolute atomic E-state index is 13.7. The molecule has 0 radical (unpaired) electrons. The molecule has 0 atom stereocenters. The van der Waals surface area contributed by atoms with Crippen LogP contribution in [0.1, 0.15) is 11.1 Å². The molecule has 1 aromatic heterocycles. The van der Waals surface area contributed by atoms with Crippen molar-refractivity contribution in [3.8, 4) is 0 Å². The van der Waals surface area contributed by atoms with Crippen LogP contribution in [0.4, 0.5) is 4.39 Å². The number of halogens is 3. The maximum atomic E-state index is 13.7. The number of guanidine groups is 1. The Morgan fingerprint density at radius 3 is 2.83 bits per heavy atom. The van der Waals surface area contributed by atoms with Crippen molar-refractivity contribution in [2.24, 2.45) is 4.99 Å². The van der Waals surface area contributed by atoms with Gasteiger partial charge in [-0.1, -0.05) is 33.6 Å². The Kier molecular flexibility index (Phi) is 6.80. The third-order valence-electron chi connectivity index (χ3n) is 3.17. The predicted octanol–water partition coefficient (Wildman–Crippen LogP) is 3.54. The van der Waals surface area contributed by atoms with Gasteiger partial charge in [-0.2, -0.15) is 0 Å². The number of nitrogens with zero attached hydrogens (tertiary/aromatic N) is 2. The minimum atomic E-state index is -0.247. The second-order valence-corrected chi connectivity index (χ2v) is 6.13. The van der Waals surface area contributed by atoms with Gasteiger partial charge < -0.3 is 10.6 Å². The van der Waals surface area contributed by atoms with Gasteiger partial charge in [-0.05, 0) is 36.2 Å². The van der Waals surface area contributed by atoms with Crippen LogP contribution in [0.2, 0.25) is 5.15 Å². The second-order valence-electron chi connectivity index (χ2n) is 4.83. The van der Waals surface area contributed by atoms with E-state index in [4.69, 9.17) is 11.6 Å². The van der Waals surface area contributed by atoms with E-state index in [0.717, 1.165) is 16.5 Å². The highest BCUT2D eigenvalue weighted by atomic mass is 79.9. The second kappa shape index (κ2) is 8.84. The van der Waals surface area contributed by atoms with Crippen molar-refractivity contribution >= 4 is 33.5 Å². The molecule has 4 nitrogen and oxygen atoms in total. The van der Waals surface area contributed by atoms with Gasteiger partial charge in [0.2, 0.25) is 0 Å². The van der Waals surface area contributed by atoms with Crippen LogP contribution in [-0.2, 0) is 13.0 Å². The minimum absolute atomic E-state index is 0.247. The lowest BCUT2D eigenvalue weighted by Crippen LogP contribution is -2.38. The highest BCUT2D eigenvalue weighted by Crippen LogP contribution is 2.15. The highest BCUT2D eigenvalue weighted by molar-refractivity contribution is 9.10. The largest absolute Gasteiger partial charge is 0.356 e. The molecule has 0 amide bonds. The van der Waals surface area contributed by atoms with Crippen molar-refractivity contribution in [1.82, 2.24) is 15.6 Å². The molecular weight excluding hydrogens is 383 g/mol. The normalized spacial score (nSPS) is 11.4. The molecule has 0 unspecified atom stereocenters. The van der Waals surface area contributed by atoms with Gasteiger partial charge in [-0.25, -0.2) is 9.37 Å². The van der Waals surface area contributed by atoms with Crippen molar-refractivity contribution in [2.75, 3.05) is 13.6 Å². The van der Waals surface area contributed by atoms with Gasteiger partial charge in [0.25, 0.3) is 0 Å². The highest BCUT2D eigenvalue weighted by Gasteiger charge is 2.04. The summed E-state index contributed by atoms with van der Waals surface area (Å²) in [6, 6.07) is 8.55. The Balaban J connectivity index is 1.81. The van der Waals surface area contributed by atoms with Gasteiger partial charge in [0.1, 0.15) is 11.0 Å². The lowest BCUT2D eigenvalue weighted by Gasteiger charge is -2.12. The fraction of sp³-hybridized carbons (Fsp3) is 0.250. The number of nitrogens with one attached hydrogen (secondary N) is 2. The van der Waals surface area contributed by atoms with E-state index in [2.05, 4.69) is 36.5 Å². The summed E-state index contributed by atoms with van der Waals surface area (Å²) in [6.45, 7) is 1.04. The molecule has 0 aliphatic rings. The monoisotopic (exact) mass is 398 g/mol. The average Bonchev–Trinajstić information content (AvgIpc) is 2.55. The van der Waals surface area contributed by atoms with E-state index >= 15 is 0 Å². The average molecular weight is 400 g/mol. The van der Waals surface area contributed by atoms with E-state index < -0.39 is 0 Å². The summed E-state index contributed by atoms with van der Waals surface area (Å²) >= 11 is 9.09. The summed E-state index contributed by atoms with van der Waals surface area (Å²) < 4.78 is 14.5. The van der Waals surface area contributed by atoms with E-state index in [0.29, 0.717) is 29.8 Å². The number of hydrogen-bond acceptors (Lipinski definition) is 2. The summed E-state index contributed by atoms with van der Waals surface area (Å²) in [5, 5.41) is 6.75. The van der Waals surface area contributed by atoms with Crippen LogP contribution in [0.15, 0.2) is 46.0 Å². The smallest absolute Gasteiger partial charge is 0.191 e. The van der Waals surface area contributed by atoms with E-state index in [9.17, 15) is 4.39 Å². The third-order valence-corrected chi connectivity index (χ3v) is 3.89. The minimum Gasteiger partial charge on any atom is -0.356 e. The van der Waals surface area contributed by atoms with Crippen molar-refractivity contribution in [1.29, 1.82) is 0 Å². The van der Waals surface area contributed by atoms with Gasteiger partial charge in [0.15, 0.2) is 5.96 Å². The number of pyridine rings is 1. The lowest BCUT2D eigenvalue weighted by molar-refractivity contribution is 0.604. The van der Waals surface area contributed by atoms with Crippen molar-refractivity contribution in [3.63, 3.8) is 0 Å². The number of rotatable bonds is 5. The van der Waals surface area contributed by atoms with Crippen LogP contribution >= 0.6 is 27.5 Å². The van der Waals surface area contributed by atoms with Crippen molar-refractivity contribution < 1.29 is 4.39 Å². The Morgan fingerprint density at radius 1 is 1.30 bits per heavy atom. The van der Waals surface area contributed by atoms with E-state index in [1.165, 1.54) is 6.07 Å². The Morgan fingerprint density at radius 2 is 2.13 bits per heavy atom. The zero-order valence-corrected chi connectivity index (χ0v) is 15.0. The quantitative estimate of drug-likeness (QED) is 0.459. The predicted molar refractivity (Wildman–Crippen MR) is 95.3 cm³/mol. The standard InChI is InChI=1S/C16H17BrClFN4/c1-20-16(21-7-6-11-2-5-15(18)22-9-11)23-10-12-8-13(17)3-4-14(12)19/h2-5,8-9H,6-7,10H2,1H3,(H2,20,21,23). The maximum Gasteiger partial charge on any atom is 0.191 e. The third kappa shape index (κ3) is 5.80. The molecule has 0 aliphatic heterocycles. The summed E-state index contributed by atoms with van der Waals surface area (Å²) in [4.78, 5) is 8.16. The molecule has 0 bridgehead atoms. The molecular formula is C16H17BrClFN4. The van der Waals surface area contributed by atoms with E-state index in [-0.39, 0.29) is 5.82 Å². The topological polar surface area (TPSA) is 49.3 Å². The van der Waals surface area contributed by atoms with Crippen LogP contribution in [0.5, 0.6) is 0 Å². The van der Waals surface area contributed by atoms with E-state index in [1.807, 2.05) is 6.07 Å². The first-order valence-electron chi connectivity index (χ1n) is 7.07. The molecule has 2 rings (SSSR count). The first-order chi connectivity index (χ1) is 11.1. The SMILES string of the molecule is CN=C(NCCc1ccc(Cl)nc1)NCc1cc(Br)ccc1F. The van der Waals surface area contributed by atoms with Gasteiger partial charge in [-0.3, -0.25) is 4.99 Å². The fourth-order valence-corrected chi connectivity index (χ4v) is 2.48. The lowest BCUT2D eigenvalue weighted by atomic mass is 10.2. The zero-order chi connectivity index (χ0) is 16.7. The van der Waals surface area contributed by atoms with Gasteiger partial charge in [0, 0.05) is 36.4 Å². The Bertz CT molecular complexity index is 676. The summed E-state index contributed by atoms with van der Waals surface area (Å²) in [6.07, 6.45) is 2.53. The Labute approximate surface area is 148 Å². The number of benzene rings is 1. The summed E-state index contributed by atoms with van der Waals surface area (Å²) in [5.41, 5.74) is 1.65. The molecule has 1 aromatic carbocycles. The molecule has 2 aromatic rings. The van der Waals surface area contributed by atoms with Crippen LogP contribution in [-0.4, -0.2) is 24.5 Å². The molecule has 23 heavy (non-hydrogen) atoms. The number of aromatic nitrogens is 1. The molecule has 0 saturated heterocycles. The first kappa shape index (κ1) is 17.7. The summed E-state index contributed by atoms with van der Waals surface area (Å²) in [5.74, 6) is 0.370. The molecule has 122 valence electrons. The molecule has 7 heteroatoms. The number of hydrogen-bond donors (Lipinski definition) is 2. The van der Waals surface area contributed by atoms with Crippen molar-refractivity contribution in [3.05, 3.63) is 63.1 Å². The first-order valence-corrected chi connectivity index (χ1v) is 8.24. The molecule has 0 fully saturated rings. The zero-order valence-electron chi connectivity index (χ0n) is 12.6. The Hall–Kier alpha value is -1.66.